The van der Waals surface area contributed by atoms with Crippen LogP contribution in [0.4, 0.5) is 4.79 Å². The van der Waals surface area contributed by atoms with E-state index in [1.807, 2.05) is 13.8 Å². The minimum absolute atomic E-state index is 0.00437. The Morgan fingerprint density at radius 3 is 1.93 bits per heavy atom. The lowest BCUT2D eigenvalue weighted by molar-refractivity contribution is -0.160. The standard InChI is InChI=1S/C20H36N2O6/c1-13(2)14(15(23)27-18(3,4)5)21-10-9-20(16(24)25)11-22(12-20)17(26)28-19(6,7)8/h13-14,21H,9-12H2,1-8H3,(H,24,25). The monoisotopic (exact) mass is 400 g/mol. The summed E-state index contributed by atoms with van der Waals surface area (Å²) >= 11 is 0. The van der Waals surface area contributed by atoms with Crippen LogP contribution in [-0.2, 0) is 19.1 Å². The van der Waals surface area contributed by atoms with E-state index in [0.29, 0.717) is 13.0 Å². The van der Waals surface area contributed by atoms with E-state index in [1.165, 1.54) is 4.90 Å². The Kier molecular flexibility index (Phi) is 7.50. The van der Waals surface area contributed by atoms with E-state index >= 15 is 0 Å². The van der Waals surface area contributed by atoms with Crippen LogP contribution in [0, 0.1) is 11.3 Å². The number of aliphatic carboxylic acids is 1. The average molecular weight is 401 g/mol. The highest BCUT2D eigenvalue weighted by atomic mass is 16.6. The third-order valence-electron chi connectivity index (χ3n) is 4.39. The minimum Gasteiger partial charge on any atom is -0.481 e. The van der Waals surface area contributed by atoms with Crippen molar-refractivity contribution in [3.8, 4) is 0 Å². The lowest BCUT2D eigenvalue weighted by Crippen LogP contribution is -2.63. The molecule has 162 valence electrons. The minimum atomic E-state index is -1.03. The van der Waals surface area contributed by atoms with Gasteiger partial charge >= 0.3 is 18.0 Å². The van der Waals surface area contributed by atoms with E-state index in [2.05, 4.69) is 5.32 Å². The van der Waals surface area contributed by atoms with Crippen molar-refractivity contribution >= 4 is 18.0 Å². The van der Waals surface area contributed by atoms with Gasteiger partial charge in [0.25, 0.3) is 0 Å². The maximum atomic E-state index is 12.4. The zero-order chi connectivity index (χ0) is 21.9. The van der Waals surface area contributed by atoms with E-state index < -0.39 is 34.7 Å². The topological polar surface area (TPSA) is 105 Å². The summed E-state index contributed by atoms with van der Waals surface area (Å²) in [5.74, 6) is -1.31. The van der Waals surface area contributed by atoms with Gasteiger partial charge in [0.05, 0.1) is 0 Å². The van der Waals surface area contributed by atoms with Gasteiger partial charge in [-0.1, -0.05) is 13.8 Å². The molecule has 1 atom stereocenters. The van der Waals surface area contributed by atoms with Crippen LogP contribution in [0.15, 0.2) is 0 Å². The molecule has 8 nitrogen and oxygen atoms in total. The highest BCUT2D eigenvalue weighted by molar-refractivity contribution is 5.80. The van der Waals surface area contributed by atoms with Crippen molar-refractivity contribution in [3.63, 3.8) is 0 Å². The fourth-order valence-corrected chi connectivity index (χ4v) is 2.96. The first-order chi connectivity index (χ1) is 12.6. The highest BCUT2D eigenvalue weighted by Crippen LogP contribution is 2.35. The first-order valence-corrected chi connectivity index (χ1v) is 9.74. The second kappa shape index (κ2) is 8.68. The number of carboxylic acids is 1. The van der Waals surface area contributed by atoms with Crippen LogP contribution in [0.25, 0.3) is 0 Å². The number of nitrogens with zero attached hydrogens (tertiary/aromatic N) is 1. The molecule has 8 heteroatoms. The Balaban J connectivity index is 2.64. The summed E-state index contributed by atoms with van der Waals surface area (Å²) in [6, 6.07) is -0.521. The first-order valence-electron chi connectivity index (χ1n) is 9.74. The number of amides is 1. The summed E-state index contributed by atoms with van der Waals surface area (Å²) in [7, 11) is 0. The van der Waals surface area contributed by atoms with Crippen molar-refractivity contribution in [2.75, 3.05) is 19.6 Å². The lowest BCUT2D eigenvalue weighted by Gasteiger charge is -2.47. The van der Waals surface area contributed by atoms with E-state index in [1.54, 1.807) is 41.5 Å². The Labute approximate surface area is 167 Å². The van der Waals surface area contributed by atoms with Crippen molar-refractivity contribution in [3.05, 3.63) is 0 Å². The van der Waals surface area contributed by atoms with Crippen LogP contribution in [0.3, 0.4) is 0 Å². The van der Waals surface area contributed by atoms with Gasteiger partial charge < -0.3 is 24.8 Å². The molecule has 2 N–H and O–H groups in total. The smallest absolute Gasteiger partial charge is 0.410 e. The number of esters is 1. The van der Waals surface area contributed by atoms with Gasteiger partial charge in [-0.3, -0.25) is 9.59 Å². The van der Waals surface area contributed by atoms with Crippen molar-refractivity contribution < 1.29 is 29.0 Å². The Bertz CT molecular complexity index is 582. The third-order valence-corrected chi connectivity index (χ3v) is 4.39. The summed E-state index contributed by atoms with van der Waals surface area (Å²) in [6.45, 7) is 15.0. The second-order valence-corrected chi connectivity index (χ2v) is 9.88. The molecule has 0 spiro atoms. The molecule has 0 aliphatic carbocycles. The maximum absolute atomic E-state index is 12.4. The van der Waals surface area contributed by atoms with Crippen molar-refractivity contribution in [1.29, 1.82) is 0 Å². The molecule has 1 rings (SSSR count). The molecule has 1 aliphatic rings. The summed E-state index contributed by atoms with van der Waals surface area (Å²) in [5, 5.41) is 12.8. The molecule has 0 bridgehead atoms. The van der Waals surface area contributed by atoms with E-state index in [9.17, 15) is 19.5 Å². The van der Waals surface area contributed by atoms with Crippen molar-refractivity contribution in [2.45, 2.75) is 79.1 Å². The first kappa shape index (κ1) is 24.2. The fraction of sp³-hybridized carbons (Fsp3) is 0.850. The fourth-order valence-electron chi connectivity index (χ4n) is 2.96. The zero-order valence-corrected chi connectivity index (χ0v) is 18.4. The third kappa shape index (κ3) is 6.96. The molecule has 0 saturated carbocycles. The number of ether oxygens (including phenoxy) is 2. The Morgan fingerprint density at radius 2 is 1.54 bits per heavy atom. The number of carboxylic acid groups (broad SMARTS) is 1. The predicted molar refractivity (Wildman–Crippen MR) is 105 cm³/mol. The quantitative estimate of drug-likeness (QED) is 0.633. The van der Waals surface area contributed by atoms with Gasteiger partial charge in [0.15, 0.2) is 0 Å². The molecule has 1 fully saturated rings. The van der Waals surface area contributed by atoms with Gasteiger partial charge in [-0.05, 0) is 60.4 Å². The lowest BCUT2D eigenvalue weighted by atomic mass is 9.77. The molecule has 0 aromatic rings. The number of likely N-dealkylation sites (tertiary alicyclic amines) is 1. The Morgan fingerprint density at radius 1 is 1.04 bits per heavy atom. The molecule has 0 radical (unpaired) electrons. The average Bonchev–Trinajstić information content (AvgIpc) is 2.40. The summed E-state index contributed by atoms with van der Waals surface area (Å²) in [5.41, 5.74) is -2.24. The van der Waals surface area contributed by atoms with Crippen LogP contribution in [0.1, 0.15) is 61.8 Å². The second-order valence-electron chi connectivity index (χ2n) is 9.88. The molecular weight excluding hydrogens is 364 g/mol. The molecule has 1 heterocycles. The van der Waals surface area contributed by atoms with Gasteiger partial charge in [0.2, 0.25) is 0 Å². The Hall–Kier alpha value is -1.83. The summed E-state index contributed by atoms with van der Waals surface area (Å²) < 4.78 is 10.7. The van der Waals surface area contributed by atoms with Crippen LogP contribution < -0.4 is 5.32 Å². The van der Waals surface area contributed by atoms with Gasteiger partial charge in [-0.2, -0.15) is 0 Å². The van der Waals surface area contributed by atoms with E-state index in [4.69, 9.17) is 9.47 Å². The highest BCUT2D eigenvalue weighted by Gasteiger charge is 2.52. The molecule has 0 aromatic heterocycles. The molecular formula is C20H36N2O6. The van der Waals surface area contributed by atoms with E-state index in [-0.39, 0.29) is 25.0 Å². The number of carbonyl (C=O) groups is 3. The molecule has 0 aromatic carbocycles. The number of nitrogens with one attached hydrogen (secondary N) is 1. The summed E-state index contributed by atoms with van der Waals surface area (Å²) in [6.07, 6.45) is -0.209. The number of hydrogen-bond acceptors (Lipinski definition) is 6. The molecule has 1 unspecified atom stereocenters. The number of hydrogen-bond donors (Lipinski definition) is 2. The number of rotatable bonds is 7. The van der Waals surface area contributed by atoms with Crippen LogP contribution in [0.5, 0.6) is 0 Å². The van der Waals surface area contributed by atoms with E-state index in [0.717, 1.165) is 0 Å². The van der Waals surface area contributed by atoms with Crippen LogP contribution in [0.2, 0.25) is 0 Å². The molecule has 1 saturated heterocycles. The SMILES string of the molecule is CC(C)C(NCCC1(C(=O)O)CN(C(=O)OC(C)(C)C)C1)C(=O)OC(C)(C)C. The van der Waals surface area contributed by atoms with Gasteiger partial charge in [0, 0.05) is 13.1 Å². The largest absolute Gasteiger partial charge is 0.481 e. The van der Waals surface area contributed by atoms with Crippen molar-refractivity contribution in [1.82, 2.24) is 10.2 Å². The van der Waals surface area contributed by atoms with Gasteiger partial charge in [-0.25, -0.2) is 4.79 Å². The molecule has 28 heavy (non-hydrogen) atoms. The van der Waals surface area contributed by atoms with Gasteiger partial charge in [-0.15, -0.1) is 0 Å². The van der Waals surface area contributed by atoms with Crippen LogP contribution >= 0.6 is 0 Å². The maximum Gasteiger partial charge on any atom is 0.410 e. The van der Waals surface area contributed by atoms with Crippen LogP contribution in [-0.4, -0.2) is 64.9 Å². The number of carbonyl (C=O) groups excluding carboxylic acids is 2. The van der Waals surface area contributed by atoms with Crippen molar-refractivity contribution in [2.24, 2.45) is 11.3 Å². The predicted octanol–water partition coefficient (Wildman–Crippen LogP) is 2.65. The molecule has 1 aliphatic heterocycles. The normalized spacial score (nSPS) is 17.7. The molecule has 1 amide bonds. The summed E-state index contributed by atoms with van der Waals surface area (Å²) in [4.78, 5) is 37.6. The van der Waals surface area contributed by atoms with Gasteiger partial charge in [0.1, 0.15) is 22.7 Å². The zero-order valence-electron chi connectivity index (χ0n) is 18.4.